The summed E-state index contributed by atoms with van der Waals surface area (Å²) in [5.74, 6) is 0. The minimum absolute atomic E-state index is 0. The first-order chi connectivity index (χ1) is 8.84. The van der Waals surface area contributed by atoms with E-state index in [4.69, 9.17) is 4.74 Å². The molecule has 0 spiro atoms. The molecular weight excluding hydrogens is 262 g/mol. The van der Waals surface area contributed by atoms with Gasteiger partial charge >= 0.3 is 0 Å². The van der Waals surface area contributed by atoms with E-state index in [0.29, 0.717) is 13.2 Å². The van der Waals surface area contributed by atoms with Crippen LogP contribution in [-0.2, 0) is 11.3 Å². The van der Waals surface area contributed by atoms with Crippen LogP contribution in [0.5, 0.6) is 0 Å². The van der Waals surface area contributed by atoms with Crippen molar-refractivity contribution >= 4 is 0 Å². The van der Waals surface area contributed by atoms with Crippen LogP contribution in [0, 0.1) is 0 Å². The van der Waals surface area contributed by atoms with Crippen LogP contribution in [0.3, 0.4) is 0 Å². The van der Waals surface area contributed by atoms with E-state index in [-0.39, 0.29) is 18.5 Å². The molecule has 1 atom stereocenters. The largest absolute Gasteiger partial charge is 1.00 e. The van der Waals surface area contributed by atoms with Crippen LogP contribution < -0.4 is 12.4 Å². The standard InChI is InChI=1S/C15H23NO2.ClH/c17-15(11-16-9-5-2-6-10-16)13-18-12-14-7-3-1-4-8-14;/h1,3-4,7-8,15,17H,2,5-6,9-13H2;1H/p-1. The summed E-state index contributed by atoms with van der Waals surface area (Å²) < 4.78 is 5.55. The molecule has 0 bridgehead atoms. The molecule has 1 aliphatic heterocycles. The van der Waals surface area contributed by atoms with E-state index in [2.05, 4.69) is 4.90 Å². The second-order valence-electron chi connectivity index (χ2n) is 5.02. The number of piperidine rings is 1. The summed E-state index contributed by atoms with van der Waals surface area (Å²) in [5, 5.41) is 9.91. The van der Waals surface area contributed by atoms with Gasteiger partial charge in [0.05, 0.1) is 19.3 Å². The first-order valence-electron chi connectivity index (χ1n) is 6.86. The Bertz CT molecular complexity index is 328. The van der Waals surface area contributed by atoms with E-state index < -0.39 is 0 Å². The number of aliphatic hydroxyl groups excluding tert-OH is 1. The van der Waals surface area contributed by atoms with Gasteiger partial charge in [-0.25, -0.2) is 0 Å². The number of rotatable bonds is 6. The van der Waals surface area contributed by atoms with E-state index in [0.717, 1.165) is 25.2 Å². The van der Waals surface area contributed by atoms with Gasteiger partial charge in [0, 0.05) is 6.54 Å². The molecule has 0 aliphatic carbocycles. The third kappa shape index (κ3) is 6.39. The fourth-order valence-corrected chi connectivity index (χ4v) is 2.38. The molecule has 0 radical (unpaired) electrons. The van der Waals surface area contributed by atoms with Gasteiger partial charge in [-0.2, -0.15) is 0 Å². The SMILES string of the molecule is OC(COCc1ccccc1)CN1CCCCC1.[Cl-]. The molecule has 1 aromatic rings. The molecular formula is C15H23ClNO2-. The fraction of sp³-hybridized carbons (Fsp3) is 0.600. The molecule has 108 valence electrons. The third-order valence-corrected chi connectivity index (χ3v) is 3.34. The number of ether oxygens (including phenoxy) is 1. The van der Waals surface area contributed by atoms with Crippen LogP contribution in [0.25, 0.3) is 0 Å². The zero-order valence-electron chi connectivity index (χ0n) is 11.3. The summed E-state index contributed by atoms with van der Waals surface area (Å²) in [7, 11) is 0. The number of benzene rings is 1. The van der Waals surface area contributed by atoms with Gasteiger partial charge < -0.3 is 27.2 Å². The maximum Gasteiger partial charge on any atom is 0.0900 e. The molecule has 2 rings (SSSR count). The number of nitrogens with zero attached hydrogens (tertiary/aromatic N) is 1. The molecule has 1 aliphatic rings. The van der Waals surface area contributed by atoms with Crippen molar-refractivity contribution in [3.63, 3.8) is 0 Å². The first kappa shape index (κ1) is 16.4. The summed E-state index contributed by atoms with van der Waals surface area (Å²) in [6.07, 6.45) is 3.48. The molecule has 1 unspecified atom stereocenters. The maximum atomic E-state index is 9.91. The second-order valence-corrected chi connectivity index (χ2v) is 5.02. The van der Waals surface area contributed by atoms with E-state index in [9.17, 15) is 5.11 Å². The van der Waals surface area contributed by atoms with Crippen LogP contribution >= 0.6 is 0 Å². The van der Waals surface area contributed by atoms with Gasteiger partial charge in [0.15, 0.2) is 0 Å². The first-order valence-corrected chi connectivity index (χ1v) is 6.86. The third-order valence-electron chi connectivity index (χ3n) is 3.34. The second kappa shape index (κ2) is 9.32. The molecule has 1 heterocycles. The Morgan fingerprint density at radius 2 is 1.79 bits per heavy atom. The monoisotopic (exact) mass is 284 g/mol. The topological polar surface area (TPSA) is 32.7 Å². The molecule has 1 aromatic carbocycles. The van der Waals surface area contributed by atoms with Crippen molar-refractivity contribution in [2.24, 2.45) is 0 Å². The van der Waals surface area contributed by atoms with Gasteiger partial charge in [0.2, 0.25) is 0 Å². The summed E-state index contributed by atoms with van der Waals surface area (Å²) in [4.78, 5) is 2.33. The number of aliphatic hydroxyl groups is 1. The Morgan fingerprint density at radius 1 is 1.11 bits per heavy atom. The molecule has 1 saturated heterocycles. The van der Waals surface area contributed by atoms with Crippen LogP contribution in [0.15, 0.2) is 30.3 Å². The molecule has 1 N–H and O–H groups in total. The number of likely N-dealkylation sites (tertiary alicyclic amines) is 1. The number of β-amino-alcohol motifs (C(OH)–C–C–N with tert-alkyl or cyclic N) is 1. The maximum absolute atomic E-state index is 9.91. The Hall–Kier alpha value is -0.610. The summed E-state index contributed by atoms with van der Waals surface area (Å²) >= 11 is 0. The van der Waals surface area contributed by atoms with E-state index >= 15 is 0 Å². The quantitative estimate of drug-likeness (QED) is 0.732. The van der Waals surface area contributed by atoms with Gasteiger partial charge in [-0.15, -0.1) is 0 Å². The number of halogens is 1. The van der Waals surface area contributed by atoms with Crippen molar-refractivity contribution in [2.75, 3.05) is 26.2 Å². The Kier molecular flexibility index (Phi) is 8.07. The highest BCUT2D eigenvalue weighted by molar-refractivity contribution is 5.13. The van der Waals surface area contributed by atoms with Crippen molar-refractivity contribution in [3.8, 4) is 0 Å². The Labute approximate surface area is 122 Å². The van der Waals surface area contributed by atoms with Gasteiger partial charge in [-0.3, -0.25) is 0 Å². The summed E-state index contributed by atoms with van der Waals surface area (Å²) in [6.45, 7) is 3.99. The number of hydrogen-bond donors (Lipinski definition) is 1. The minimum atomic E-state index is -0.369. The lowest BCUT2D eigenvalue weighted by Gasteiger charge is -2.28. The lowest BCUT2D eigenvalue weighted by Crippen LogP contribution is -3.00. The molecule has 0 aromatic heterocycles. The van der Waals surface area contributed by atoms with Crippen LogP contribution in [0.4, 0.5) is 0 Å². The zero-order chi connectivity index (χ0) is 12.6. The average Bonchev–Trinajstić information content (AvgIpc) is 2.41. The Morgan fingerprint density at radius 3 is 2.47 bits per heavy atom. The van der Waals surface area contributed by atoms with Gasteiger partial charge in [-0.1, -0.05) is 36.8 Å². The molecule has 4 heteroatoms. The van der Waals surface area contributed by atoms with Crippen LogP contribution in [-0.4, -0.2) is 42.4 Å². The predicted molar refractivity (Wildman–Crippen MR) is 72.4 cm³/mol. The summed E-state index contributed by atoms with van der Waals surface area (Å²) in [6, 6.07) is 10.1. The highest BCUT2D eigenvalue weighted by Gasteiger charge is 2.14. The molecule has 1 fully saturated rings. The minimum Gasteiger partial charge on any atom is -1.00 e. The molecule has 0 amide bonds. The highest BCUT2D eigenvalue weighted by atomic mass is 35.5. The molecule has 3 nitrogen and oxygen atoms in total. The Balaban J connectivity index is 0.00000180. The fourth-order valence-electron chi connectivity index (χ4n) is 2.38. The van der Waals surface area contributed by atoms with Crippen LogP contribution in [0.1, 0.15) is 24.8 Å². The normalized spacial score (nSPS) is 17.7. The van der Waals surface area contributed by atoms with Crippen molar-refractivity contribution in [3.05, 3.63) is 35.9 Å². The van der Waals surface area contributed by atoms with E-state index in [1.165, 1.54) is 19.3 Å². The summed E-state index contributed by atoms with van der Waals surface area (Å²) in [5.41, 5.74) is 1.16. The van der Waals surface area contributed by atoms with Gasteiger partial charge in [0.1, 0.15) is 0 Å². The van der Waals surface area contributed by atoms with E-state index in [1.807, 2.05) is 30.3 Å². The lowest BCUT2D eigenvalue weighted by atomic mass is 10.1. The van der Waals surface area contributed by atoms with Crippen LogP contribution in [0.2, 0.25) is 0 Å². The van der Waals surface area contributed by atoms with E-state index in [1.54, 1.807) is 0 Å². The average molecular weight is 285 g/mol. The van der Waals surface area contributed by atoms with Crippen molar-refractivity contribution in [1.29, 1.82) is 0 Å². The van der Waals surface area contributed by atoms with Crippen molar-refractivity contribution in [2.45, 2.75) is 32.0 Å². The van der Waals surface area contributed by atoms with Gasteiger partial charge in [-0.05, 0) is 31.5 Å². The highest BCUT2D eigenvalue weighted by Crippen LogP contribution is 2.09. The van der Waals surface area contributed by atoms with Gasteiger partial charge in [0.25, 0.3) is 0 Å². The predicted octanol–water partition coefficient (Wildman–Crippen LogP) is -0.946. The number of hydrogen-bond acceptors (Lipinski definition) is 3. The lowest BCUT2D eigenvalue weighted by molar-refractivity contribution is -0.0000110. The smallest absolute Gasteiger partial charge is 0.0900 e. The molecule has 0 saturated carbocycles. The molecule has 19 heavy (non-hydrogen) atoms. The zero-order valence-corrected chi connectivity index (χ0v) is 12.1. The van der Waals surface area contributed by atoms with Crippen molar-refractivity contribution < 1.29 is 22.3 Å². The van der Waals surface area contributed by atoms with Crippen molar-refractivity contribution in [1.82, 2.24) is 4.90 Å².